The van der Waals surface area contributed by atoms with Gasteiger partial charge in [0.25, 0.3) is 0 Å². The summed E-state index contributed by atoms with van der Waals surface area (Å²) in [7, 11) is 0. The number of hydrazine groups is 1. The molecule has 0 heterocycles. The summed E-state index contributed by atoms with van der Waals surface area (Å²) in [5, 5.41) is 1.06. The first-order valence-corrected chi connectivity index (χ1v) is 7.12. The van der Waals surface area contributed by atoms with Crippen LogP contribution < -0.4 is 11.3 Å². The van der Waals surface area contributed by atoms with E-state index in [2.05, 4.69) is 34.1 Å². The lowest BCUT2D eigenvalue weighted by molar-refractivity contribution is 0.637. The maximum atomic E-state index is 6.23. The Bertz CT molecular complexity index is 560. The molecule has 0 radical (unpaired) electrons. The lowest BCUT2D eigenvalue weighted by atomic mass is 9.99. The smallest absolute Gasteiger partial charge is 0.0725 e. The zero-order chi connectivity index (χ0) is 13.1. The molecule has 0 aromatic heterocycles. The first-order valence-electron chi connectivity index (χ1n) is 5.29. The Kier molecular flexibility index (Phi) is 4.86. The van der Waals surface area contributed by atoms with Crippen LogP contribution in [0.3, 0.4) is 0 Å². The zero-order valence-electron chi connectivity index (χ0n) is 9.33. The van der Waals surface area contributed by atoms with Gasteiger partial charge in [-0.2, -0.15) is 0 Å². The van der Waals surface area contributed by atoms with Crippen molar-refractivity contribution < 1.29 is 0 Å². The highest BCUT2D eigenvalue weighted by molar-refractivity contribution is 14.1. The molecule has 0 saturated carbocycles. The van der Waals surface area contributed by atoms with Crippen LogP contribution in [-0.2, 0) is 0 Å². The van der Waals surface area contributed by atoms with Gasteiger partial charge < -0.3 is 0 Å². The third kappa shape index (κ3) is 2.97. The average Bonchev–Trinajstić information content (AvgIpc) is 2.35. The van der Waals surface area contributed by atoms with Gasteiger partial charge in [-0.1, -0.05) is 47.5 Å². The second-order valence-corrected chi connectivity index (χ2v) is 5.83. The molecule has 0 aliphatic rings. The predicted octanol–water partition coefficient (Wildman–Crippen LogP) is 4.15. The number of nitrogens with two attached hydrogens (primary N) is 1. The number of nitrogens with one attached hydrogen (secondary N) is 1. The van der Waals surface area contributed by atoms with E-state index in [1.165, 1.54) is 0 Å². The van der Waals surface area contributed by atoms with Crippen molar-refractivity contribution in [3.63, 3.8) is 0 Å². The van der Waals surface area contributed by atoms with Crippen LogP contribution >= 0.6 is 45.8 Å². The van der Waals surface area contributed by atoms with E-state index in [1.807, 2.05) is 30.3 Å². The second-order valence-electron chi connectivity index (χ2n) is 3.80. The molecular weight excluding hydrogens is 382 g/mol. The van der Waals surface area contributed by atoms with Crippen LogP contribution in [-0.4, -0.2) is 0 Å². The first kappa shape index (κ1) is 14.1. The normalized spacial score (nSPS) is 12.4. The molecule has 2 rings (SSSR count). The summed E-state index contributed by atoms with van der Waals surface area (Å²) in [5.74, 6) is 5.65. The predicted molar refractivity (Wildman–Crippen MR) is 84.8 cm³/mol. The lowest BCUT2D eigenvalue weighted by Gasteiger charge is -2.19. The Hall–Kier alpha value is -0.330. The van der Waals surface area contributed by atoms with Crippen LogP contribution in [0.2, 0.25) is 10.0 Å². The molecule has 0 aliphatic carbocycles. The molecule has 0 saturated heterocycles. The summed E-state index contributed by atoms with van der Waals surface area (Å²) in [6, 6.07) is 13.4. The van der Waals surface area contributed by atoms with Gasteiger partial charge in [0.15, 0.2) is 0 Å². The SMILES string of the molecule is NNC(c1cccc(I)c1)c1cccc(Cl)c1Cl. The van der Waals surface area contributed by atoms with Crippen molar-refractivity contribution in [1.82, 2.24) is 5.43 Å². The Balaban J connectivity index is 2.49. The van der Waals surface area contributed by atoms with Gasteiger partial charge >= 0.3 is 0 Å². The van der Waals surface area contributed by atoms with Gasteiger partial charge in [-0.05, 0) is 51.9 Å². The molecule has 5 heteroatoms. The average molecular weight is 393 g/mol. The van der Waals surface area contributed by atoms with Gasteiger partial charge in [-0.15, -0.1) is 0 Å². The van der Waals surface area contributed by atoms with E-state index in [0.717, 1.165) is 14.7 Å². The molecule has 3 N–H and O–H groups in total. The van der Waals surface area contributed by atoms with E-state index in [4.69, 9.17) is 29.0 Å². The Morgan fingerprint density at radius 3 is 2.50 bits per heavy atom. The van der Waals surface area contributed by atoms with Crippen LogP contribution in [0.1, 0.15) is 17.2 Å². The minimum atomic E-state index is -0.175. The minimum Gasteiger partial charge on any atom is -0.271 e. The Morgan fingerprint density at radius 2 is 1.83 bits per heavy atom. The van der Waals surface area contributed by atoms with E-state index < -0.39 is 0 Å². The summed E-state index contributed by atoms with van der Waals surface area (Å²) in [6.45, 7) is 0. The van der Waals surface area contributed by atoms with Gasteiger partial charge in [0.1, 0.15) is 0 Å². The summed E-state index contributed by atoms with van der Waals surface area (Å²) in [6.07, 6.45) is 0. The van der Waals surface area contributed by atoms with Crippen molar-refractivity contribution in [2.45, 2.75) is 6.04 Å². The standard InChI is InChI=1S/C13H11Cl2IN2/c14-11-6-2-5-10(12(11)15)13(18-17)8-3-1-4-9(16)7-8/h1-7,13,18H,17H2. The van der Waals surface area contributed by atoms with Crippen molar-refractivity contribution in [2.24, 2.45) is 5.84 Å². The summed E-state index contributed by atoms with van der Waals surface area (Å²) in [5.41, 5.74) is 4.70. The van der Waals surface area contributed by atoms with E-state index in [1.54, 1.807) is 6.07 Å². The number of halogens is 3. The van der Waals surface area contributed by atoms with Crippen LogP contribution in [0.4, 0.5) is 0 Å². The lowest BCUT2D eigenvalue weighted by Crippen LogP contribution is -2.29. The van der Waals surface area contributed by atoms with Gasteiger partial charge in [0.2, 0.25) is 0 Å². The third-order valence-electron chi connectivity index (χ3n) is 2.64. The van der Waals surface area contributed by atoms with Gasteiger partial charge in [-0.25, -0.2) is 5.43 Å². The first-order chi connectivity index (χ1) is 8.63. The molecule has 0 aliphatic heterocycles. The zero-order valence-corrected chi connectivity index (χ0v) is 13.0. The Labute approximate surface area is 130 Å². The molecule has 0 fully saturated rings. The van der Waals surface area contributed by atoms with Crippen LogP contribution in [0.25, 0.3) is 0 Å². The molecule has 0 amide bonds. The van der Waals surface area contributed by atoms with Crippen LogP contribution in [0.5, 0.6) is 0 Å². The summed E-state index contributed by atoms with van der Waals surface area (Å²) in [4.78, 5) is 0. The van der Waals surface area contributed by atoms with Gasteiger partial charge in [0, 0.05) is 3.57 Å². The monoisotopic (exact) mass is 392 g/mol. The van der Waals surface area contributed by atoms with Crippen LogP contribution in [0, 0.1) is 3.57 Å². The quantitative estimate of drug-likeness (QED) is 0.467. The fourth-order valence-electron chi connectivity index (χ4n) is 1.80. The maximum absolute atomic E-state index is 6.23. The minimum absolute atomic E-state index is 0.175. The van der Waals surface area contributed by atoms with Crippen molar-refractivity contribution >= 4 is 45.8 Å². The summed E-state index contributed by atoms with van der Waals surface area (Å²) < 4.78 is 1.14. The largest absolute Gasteiger partial charge is 0.271 e. The van der Waals surface area contributed by atoms with Gasteiger partial charge in [-0.3, -0.25) is 5.84 Å². The molecule has 18 heavy (non-hydrogen) atoms. The molecule has 2 aromatic rings. The highest BCUT2D eigenvalue weighted by Crippen LogP contribution is 2.33. The Morgan fingerprint density at radius 1 is 1.11 bits per heavy atom. The molecule has 1 unspecified atom stereocenters. The van der Waals surface area contributed by atoms with Crippen LogP contribution in [0.15, 0.2) is 42.5 Å². The highest BCUT2D eigenvalue weighted by Gasteiger charge is 2.17. The van der Waals surface area contributed by atoms with Crippen molar-refractivity contribution in [3.05, 3.63) is 67.2 Å². The molecule has 2 nitrogen and oxygen atoms in total. The summed E-state index contributed by atoms with van der Waals surface area (Å²) >= 11 is 14.5. The van der Waals surface area contributed by atoms with E-state index in [-0.39, 0.29) is 6.04 Å². The van der Waals surface area contributed by atoms with E-state index in [0.29, 0.717) is 10.0 Å². The number of rotatable bonds is 3. The molecule has 2 aromatic carbocycles. The fourth-order valence-corrected chi connectivity index (χ4v) is 2.78. The molecule has 0 bridgehead atoms. The maximum Gasteiger partial charge on any atom is 0.0725 e. The van der Waals surface area contributed by atoms with Crippen molar-refractivity contribution in [3.8, 4) is 0 Å². The molecule has 1 atom stereocenters. The fraction of sp³-hybridized carbons (Fsp3) is 0.0769. The van der Waals surface area contributed by atoms with E-state index >= 15 is 0 Å². The molecule has 0 spiro atoms. The van der Waals surface area contributed by atoms with Crippen molar-refractivity contribution in [1.29, 1.82) is 0 Å². The highest BCUT2D eigenvalue weighted by atomic mass is 127. The number of hydrogen-bond acceptors (Lipinski definition) is 2. The molecule has 94 valence electrons. The third-order valence-corrected chi connectivity index (χ3v) is 4.15. The molecular formula is C13H11Cl2IN2. The van der Waals surface area contributed by atoms with E-state index in [9.17, 15) is 0 Å². The number of benzene rings is 2. The second kappa shape index (κ2) is 6.21. The van der Waals surface area contributed by atoms with Crippen molar-refractivity contribution in [2.75, 3.05) is 0 Å². The topological polar surface area (TPSA) is 38.0 Å². The number of hydrogen-bond donors (Lipinski definition) is 2. The van der Waals surface area contributed by atoms with Gasteiger partial charge in [0.05, 0.1) is 16.1 Å².